The SMILES string of the molecule is [2H]C([2H])([2H])C(/C=C/C(C)(C)OC)(n1[nH]c(=O)n(-c2ccccc2)c1=O)C([2H])([2H])[2H]. The molecule has 0 atom stereocenters. The van der Waals surface area contributed by atoms with Gasteiger partial charge < -0.3 is 4.74 Å². The number of hydrogen-bond acceptors (Lipinski definition) is 3. The maximum Gasteiger partial charge on any atom is 0.352 e. The second kappa shape index (κ2) is 6.04. The summed E-state index contributed by atoms with van der Waals surface area (Å²) in [5.74, 6) is 0. The van der Waals surface area contributed by atoms with Crippen molar-refractivity contribution in [3.63, 3.8) is 0 Å². The number of H-pyrrole nitrogens is 1. The van der Waals surface area contributed by atoms with Gasteiger partial charge in [-0.05, 0) is 39.7 Å². The van der Waals surface area contributed by atoms with Gasteiger partial charge in [0, 0.05) is 15.3 Å². The molecule has 0 aliphatic carbocycles. The minimum Gasteiger partial charge on any atom is -0.375 e. The summed E-state index contributed by atoms with van der Waals surface area (Å²) in [7, 11) is 1.37. The maximum atomic E-state index is 13.1. The average Bonchev–Trinajstić information content (AvgIpc) is 2.88. The number of nitrogens with one attached hydrogen (secondary N) is 1. The number of methoxy groups -OCH3 is 1. The van der Waals surface area contributed by atoms with Gasteiger partial charge in [0.2, 0.25) is 0 Å². The molecule has 0 radical (unpaired) electrons. The van der Waals surface area contributed by atoms with E-state index in [1.54, 1.807) is 32.0 Å². The highest BCUT2D eigenvalue weighted by Gasteiger charge is 2.24. The first kappa shape index (κ1) is 10.4. The molecule has 2 rings (SSSR count). The van der Waals surface area contributed by atoms with Crippen molar-refractivity contribution >= 4 is 0 Å². The second-order valence-corrected chi connectivity index (χ2v) is 5.61. The van der Waals surface area contributed by atoms with E-state index in [-0.39, 0.29) is 5.69 Å². The molecular formula is C17H23N3O3. The third-order valence-electron chi connectivity index (χ3n) is 3.41. The van der Waals surface area contributed by atoms with E-state index in [0.717, 1.165) is 6.08 Å². The third kappa shape index (κ3) is 3.53. The Morgan fingerprint density at radius 2 is 1.83 bits per heavy atom. The van der Waals surface area contributed by atoms with Gasteiger partial charge >= 0.3 is 11.4 Å². The molecule has 1 aromatic heterocycles. The number of allylic oxidation sites excluding steroid dienone is 1. The van der Waals surface area contributed by atoms with E-state index in [1.165, 1.54) is 25.3 Å². The van der Waals surface area contributed by atoms with Gasteiger partial charge in [-0.3, -0.25) is 0 Å². The minimum atomic E-state index is -3.21. The highest BCUT2D eigenvalue weighted by Crippen LogP contribution is 2.17. The highest BCUT2D eigenvalue weighted by atomic mass is 16.5. The van der Waals surface area contributed by atoms with Crippen LogP contribution in [0.25, 0.3) is 5.69 Å². The monoisotopic (exact) mass is 323 g/mol. The van der Waals surface area contributed by atoms with Crippen LogP contribution in [0.2, 0.25) is 0 Å². The van der Waals surface area contributed by atoms with Crippen molar-refractivity contribution in [1.82, 2.24) is 14.3 Å². The largest absolute Gasteiger partial charge is 0.375 e. The van der Waals surface area contributed by atoms with E-state index < -0.39 is 36.2 Å². The van der Waals surface area contributed by atoms with Crippen LogP contribution in [-0.2, 0) is 10.3 Å². The van der Waals surface area contributed by atoms with Crippen LogP contribution in [0.4, 0.5) is 0 Å². The number of benzene rings is 1. The normalized spacial score (nSPS) is 17.9. The Morgan fingerprint density at radius 3 is 2.39 bits per heavy atom. The lowest BCUT2D eigenvalue weighted by Gasteiger charge is -2.24. The van der Waals surface area contributed by atoms with Crippen LogP contribution in [0.15, 0.2) is 52.1 Å². The van der Waals surface area contributed by atoms with Crippen molar-refractivity contribution in [1.29, 1.82) is 0 Å². The zero-order valence-corrected chi connectivity index (χ0v) is 13.2. The fourth-order valence-corrected chi connectivity index (χ4v) is 1.89. The zero-order valence-electron chi connectivity index (χ0n) is 19.2. The molecule has 0 bridgehead atoms. The second-order valence-electron chi connectivity index (χ2n) is 5.61. The summed E-state index contributed by atoms with van der Waals surface area (Å²) < 4.78 is 54.1. The van der Waals surface area contributed by atoms with Gasteiger partial charge in [0.25, 0.3) is 0 Å². The maximum absolute atomic E-state index is 13.1. The molecule has 0 aliphatic heterocycles. The Morgan fingerprint density at radius 1 is 1.17 bits per heavy atom. The minimum absolute atomic E-state index is 0.170. The molecule has 0 fully saturated rings. The number of aromatic nitrogens is 3. The average molecular weight is 323 g/mol. The number of aromatic amines is 1. The van der Waals surface area contributed by atoms with Crippen LogP contribution in [0.1, 0.15) is 35.8 Å². The van der Waals surface area contributed by atoms with Crippen molar-refractivity contribution < 1.29 is 13.0 Å². The molecule has 1 heterocycles. The molecule has 0 saturated carbocycles. The molecule has 6 heteroatoms. The summed E-state index contributed by atoms with van der Waals surface area (Å²) in [5, 5.41) is 2.12. The number of hydrogen-bond donors (Lipinski definition) is 1. The van der Waals surface area contributed by atoms with E-state index >= 15 is 0 Å². The van der Waals surface area contributed by atoms with Gasteiger partial charge in [0.05, 0.1) is 16.8 Å². The fourth-order valence-electron chi connectivity index (χ4n) is 1.89. The summed E-state index contributed by atoms with van der Waals surface area (Å²) in [6.07, 6.45) is 2.14. The first-order valence-corrected chi connectivity index (χ1v) is 6.93. The Bertz CT molecular complexity index is 982. The summed E-state index contributed by atoms with van der Waals surface area (Å²) in [6.45, 7) is -3.25. The van der Waals surface area contributed by atoms with Gasteiger partial charge in [-0.15, -0.1) is 0 Å². The molecule has 0 unspecified atom stereocenters. The first-order valence-electron chi connectivity index (χ1n) is 9.93. The van der Waals surface area contributed by atoms with Crippen molar-refractivity contribution in [2.75, 3.05) is 7.11 Å². The third-order valence-corrected chi connectivity index (χ3v) is 3.41. The lowest BCUT2D eigenvalue weighted by Crippen LogP contribution is -2.37. The molecule has 6 nitrogen and oxygen atoms in total. The molecule has 23 heavy (non-hydrogen) atoms. The molecule has 1 aromatic carbocycles. The Hall–Kier alpha value is -2.34. The molecule has 124 valence electrons. The number of ether oxygens (including phenoxy) is 1. The molecule has 0 aliphatic rings. The predicted octanol–water partition coefficient (Wildman–Crippen LogP) is 2.04. The molecule has 1 N–H and O–H groups in total. The topological polar surface area (TPSA) is 69.0 Å². The smallest absolute Gasteiger partial charge is 0.352 e. The van der Waals surface area contributed by atoms with E-state index in [1.807, 2.05) is 0 Å². The Balaban J connectivity index is 2.91. The number of nitrogens with zero attached hydrogens (tertiary/aromatic N) is 2. The van der Waals surface area contributed by atoms with Gasteiger partial charge in [0.15, 0.2) is 0 Å². The van der Waals surface area contributed by atoms with Gasteiger partial charge in [-0.2, -0.15) is 0 Å². The number of rotatable bonds is 5. The molecule has 0 spiro atoms. The van der Waals surface area contributed by atoms with Crippen LogP contribution in [0.5, 0.6) is 0 Å². The van der Waals surface area contributed by atoms with E-state index in [4.69, 9.17) is 13.0 Å². The lowest BCUT2D eigenvalue weighted by atomic mass is 10.0. The van der Waals surface area contributed by atoms with Crippen molar-refractivity contribution in [3.05, 3.63) is 63.5 Å². The Labute approximate surface area is 143 Å². The van der Waals surface area contributed by atoms with Crippen LogP contribution < -0.4 is 11.4 Å². The Kier molecular flexibility index (Phi) is 2.74. The van der Waals surface area contributed by atoms with Crippen molar-refractivity contribution in [2.45, 2.75) is 38.7 Å². The van der Waals surface area contributed by atoms with Gasteiger partial charge in [-0.25, -0.2) is 23.9 Å². The van der Waals surface area contributed by atoms with Crippen molar-refractivity contribution in [3.8, 4) is 5.69 Å². The summed E-state index contributed by atoms with van der Waals surface area (Å²) in [6, 6.07) is 7.78. The van der Waals surface area contributed by atoms with Gasteiger partial charge in [-0.1, -0.05) is 30.4 Å². The molecule has 2 aromatic rings. The molecule has 0 amide bonds. The first-order chi connectivity index (χ1) is 13.2. The molecule has 0 saturated heterocycles. The fraction of sp³-hybridized carbons (Fsp3) is 0.412. The van der Waals surface area contributed by atoms with Crippen molar-refractivity contribution in [2.24, 2.45) is 0 Å². The van der Waals surface area contributed by atoms with Crippen LogP contribution in [0.3, 0.4) is 0 Å². The highest BCUT2D eigenvalue weighted by molar-refractivity contribution is 5.30. The van der Waals surface area contributed by atoms with E-state index in [2.05, 4.69) is 5.10 Å². The van der Waals surface area contributed by atoms with Gasteiger partial charge in [0.1, 0.15) is 0 Å². The summed E-state index contributed by atoms with van der Waals surface area (Å²) >= 11 is 0. The lowest BCUT2D eigenvalue weighted by molar-refractivity contribution is 0.0646. The predicted molar refractivity (Wildman–Crippen MR) is 90.2 cm³/mol. The van der Waals surface area contributed by atoms with Crippen LogP contribution in [0, 0.1) is 0 Å². The number of para-hydroxylation sites is 1. The summed E-state index contributed by atoms with van der Waals surface area (Å²) in [4.78, 5) is 25.5. The standard InChI is InChI=1S/C17H23N3O3/c1-16(2,11-12-17(3,4)23-5)20-15(22)19(14(21)18-20)13-9-7-6-8-10-13/h6-12H,1-5H3,(H,18,21)/b12-11+/i1D3,2D3. The zero-order chi connectivity index (χ0) is 22.3. The summed E-state index contributed by atoms with van der Waals surface area (Å²) in [5.41, 5.74) is -5.75. The van der Waals surface area contributed by atoms with E-state index in [0.29, 0.717) is 9.25 Å². The van der Waals surface area contributed by atoms with Crippen LogP contribution in [-0.4, -0.2) is 27.1 Å². The van der Waals surface area contributed by atoms with Crippen LogP contribution >= 0.6 is 0 Å². The quantitative estimate of drug-likeness (QED) is 0.856. The molecular weight excluding hydrogens is 294 g/mol. The van der Waals surface area contributed by atoms with E-state index in [9.17, 15) is 9.59 Å².